The number of morpholine rings is 1. The SMILES string of the molecule is Cc1cc(C(=O)N2CCOCC2)c2cccc(C)c2n1. The lowest BCUT2D eigenvalue weighted by molar-refractivity contribution is 0.0304. The van der Waals surface area contributed by atoms with Crippen LogP contribution in [0.2, 0.25) is 0 Å². The van der Waals surface area contributed by atoms with Gasteiger partial charge in [0.25, 0.3) is 5.91 Å². The Kier molecular flexibility index (Phi) is 3.40. The molecule has 0 radical (unpaired) electrons. The molecular weight excluding hydrogens is 252 g/mol. The normalized spacial score (nSPS) is 15.6. The molecule has 1 aliphatic heterocycles. The third-order valence-corrected chi connectivity index (χ3v) is 3.70. The van der Waals surface area contributed by atoms with Gasteiger partial charge in [-0.1, -0.05) is 18.2 Å². The summed E-state index contributed by atoms with van der Waals surface area (Å²) in [5.41, 5.74) is 3.65. The Morgan fingerprint density at radius 3 is 2.75 bits per heavy atom. The van der Waals surface area contributed by atoms with E-state index in [1.807, 2.05) is 43.0 Å². The van der Waals surface area contributed by atoms with Gasteiger partial charge in [-0.2, -0.15) is 0 Å². The number of hydrogen-bond acceptors (Lipinski definition) is 3. The second kappa shape index (κ2) is 5.21. The summed E-state index contributed by atoms with van der Waals surface area (Å²) in [5, 5.41) is 0.937. The second-order valence-electron chi connectivity index (χ2n) is 5.19. The Labute approximate surface area is 118 Å². The molecule has 1 amide bonds. The van der Waals surface area contributed by atoms with Crippen molar-refractivity contribution in [2.45, 2.75) is 13.8 Å². The zero-order chi connectivity index (χ0) is 14.1. The third-order valence-electron chi connectivity index (χ3n) is 3.70. The number of para-hydroxylation sites is 1. The van der Waals surface area contributed by atoms with Crippen LogP contribution in [-0.4, -0.2) is 42.1 Å². The molecule has 3 rings (SSSR count). The van der Waals surface area contributed by atoms with E-state index in [0.717, 1.165) is 27.7 Å². The van der Waals surface area contributed by atoms with E-state index in [0.29, 0.717) is 26.3 Å². The van der Waals surface area contributed by atoms with Crippen LogP contribution >= 0.6 is 0 Å². The van der Waals surface area contributed by atoms with Gasteiger partial charge >= 0.3 is 0 Å². The summed E-state index contributed by atoms with van der Waals surface area (Å²) in [4.78, 5) is 19.1. The smallest absolute Gasteiger partial charge is 0.254 e. The quantitative estimate of drug-likeness (QED) is 0.798. The molecule has 2 aromatic rings. The van der Waals surface area contributed by atoms with Crippen LogP contribution in [0.4, 0.5) is 0 Å². The highest BCUT2D eigenvalue weighted by molar-refractivity contribution is 6.06. The molecule has 104 valence electrons. The van der Waals surface area contributed by atoms with E-state index >= 15 is 0 Å². The lowest BCUT2D eigenvalue weighted by Crippen LogP contribution is -2.40. The molecule has 0 unspecified atom stereocenters. The first kappa shape index (κ1) is 13.1. The first-order valence-electron chi connectivity index (χ1n) is 6.91. The summed E-state index contributed by atoms with van der Waals surface area (Å²) in [6.07, 6.45) is 0. The minimum Gasteiger partial charge on any atom is -0.378 e. The molecular formula is C16H18N2O2. The van der Waals surface area contributed by atoms with Crippen molar-refractivity contribution in [3.05, 3.63) is 41.1 Å². The molecule has 1 saturated heterocycles. The van der Waals surface area contributed by atoms with Crippen LogP contribution in [0.25, 0.3) is 10.9 Å². The highest BCUT2D eigenvalue weighted by Crippen LogP contribution is 2.23. The summed E-state index contributed by atoms with van der Waals surface area (Å²) >= 11 is 0. The number of fused-ring (bicyclic) bond motifs is 1. The van der Waals surface area contributed by atoms with Gasteiger partial charge in [0.2, 0.25) is 0 Å². The van der Waals surface area contributed by atoms with E-state index in [2.05, 4.69) is 4.98 Å². The first-order chi connectivity index (χ1) is 9.66. The van der Waals surface area contributed by atoms with Crippen molar-refractivity contribution in [1.29, 1.82) is 0 Å². The summed E-state index contributed by atoms with van der Waals surface area (Å²) < 4.78 is 5.31. The van der Waals surface area contributed by atoms with Crippen LogP contribution in [0.15, 0.2) is 24.3 Å². The van der Waals surface area contributed by atoms with Crippen molar-refractivity contribution >= 4 is 16.8 Å². The van der Waals surface area contributed by atoms with Crippen molar-refractivity contribution in [3.63, 3.8) is 0 Å². The number of amides is 1. The van der Waals surface area contributed by atoms with Gasteiger partial charge in [0.1, 0.15) is 0 Å². The largest absolute Gasteiger partial charge is 0.378 e. The fourth-order valence-electron chi connectivity index (χ4n) is 2.63. The van der Waals surface area contributed by atoms with Crippen LogP contribution < -0.4 is 0 Å². The zero-order valence-corrected chi connectivity index (χ0v) is 11.8. The van der Waals surface area contributed by atoms with E-state index in [4.69, 9.17) is 4.74 Å². The first-order valence-corrected chi connectivity index (χ1v) is 6.91. The van der Waals surface area contributed by atoms with Crippen molar-refractivity contribution in [2.75, 3.05) is 26.3 Å². The topological polar surface area (TPSA) is 42.4 Å². The molecule has 20 heavy (non-hydrogen) atoms. The van der Waals surface area contributed by atoms with Crippen LogP contribution in [0.3, 0.4) is 0 Å². The monoisotopic (exact) mass is 270 g/mol. The number of aryl methyl sites for hydroxylation is 2. The van der Waals surface area contributed by atoms with Gasteiger partial charge in [-0.25, -0.2) is 0 Å². The minimum absolute atomic E-state index is 0.0781. The van der Waals surface area contributed by atoms with Crippen molar-refractivity contribution in [3.8, 4) is 0 Å². The lowest BCUT2D eigenvalue weighted by Gasteiger charge is -2.27. The van der Waals surface area contributed by atoms with E-state index in [1.54, 1.807) is 0 Å². The molecule has 2 heterocycles. The molecule has 4 nitrogen and oxygen atoms in total. The lowest BCUT2D eigenvalue weighted by atomic mass is 10.0. The Bertz CT molecular complexity index is 661. The molecule has 0 bridgehead atoms. The van der Waals surface area contributed by atoms with Crippen LogP contribution in [-0.2, 0) is 4.74 Å². The number of carbonyl (C=O) groups excluding carboxylic acids is 1. The third kappa shape index (κ3) is 2.27. The van der Waals surface area contributed by atoms with E-state index < -0.39 is 0 Å². The Morgan fingerprint density at radius 2 is 2.00 bits per heavy atom. The molecule has 1 fully saturated rings. The number of aromatic nitrogens is 1. The van der Waals surface area contributed by atoms with Gasteiger partial charge in [-0.05, 0) is 25.5 Å². The van der Waals surface area contributed by atoms with E-state index in [9.17, 15) is 4.79 Å². The van der Waals surface area contributed by atoms with Gasteiger partial charge in [-0.3, -0.25) is 9.78 Å². The van der Waals surface area contributed by atoms with Gasteiger partial charge in [0, 0.05) is 24.2 Å². The average Bonchev–Trinajstić information content (AvgIpc) is 2.48. The maximum Gasteiger partial charge on any atom is 0.254 e. The number of ether oxygens (including phenoxy) is 1. The number of benzene rings is 1. The van der Waals surface area contributed by atoms with Crippen molar-refractivity contribution < 1.29 is 9.53 Å². The Morgan fingerprint density at radius 1 is 1.25 bits per heavy atom. The predicted octanol–water partition coefficient (Wildman–Crippen LogP) is 2.32. The fraction of sp³-hybridized carbons (Fsp3) is 0.375. The van der Waals surface area contributed by atoms with Crippen molar-refractivity contribution in [1.82, 2.24) is 9.88 Å². The minimum atomic E-state index is 0.0781. The fourth-order valence-corrected chi connectivity index (χ4v) is 2.63. The zero-order valence-electron chi connectivity index (χ0n) is 11.8. The highest BCUT2D eigenvalue weighted by Gasteiger charge is 2.21. The molecule has 0 saturated carbocycles. The van der Waals surface area contributed by atoms with Crippen LogP contribution in [0, 0.1) is 13.8 Å². The Balaban J connectivity index is 2.10. The molecule has 1 aliphatic rings. The summed E-state index contributed by atoms with van der Waals surface area (Å²) in [6.45, 7) is 6.51. The molecule has 0 spiro atoms. The molecule has 0 N–H and O–H groups in total. The molecule has 0 aliphatic carbocycles. The summed E-state index contributed by atoms with van der Waals surface area (Å²) in [7, 11) is 0. The van der Waals surface area contributed by atoms with Crippen LogP contribution in [0.5, 0.6) is 0 Å². The maximum atomic E-state index is 12.7. The molecule has 4 heteroatoms. The van der Waals surface area contributed by atoms with Gasteiger partial charge < -0.3 is 9.64 Å². The standard InChI is InChI=1S/C16H18N2O2/c1-11-4-3-5-13-14(10-12(2)17-15(11)13)16(19)18-6-8-20-9-7-18/h3-5,10H,6-9H2,1-2H3. The predicted molar refractivity (Wildman–Crippen MR) is 77.9 cm³/mol. The van der Waals surface area contributed by atoms with Gasteiger partial charge in [0.05, 0.1) is 24.3 Å². The van der Waals surface area contributed by atoms with Crippen LogP contribution in [0.1, 0.15) is 21.6 Å². The molecule has 1 aromatic carbocycles. The maximum absolute atomic E-state index is 12.7. The molecule has 0 atom stereocenters. The summed E-state index contributed by atoms with van der Waals surface area (Å²) in [6, 6.07) is 7.87. The number of rotatable bonds is 1. The van der Waals surface area contributed by atoms with Gasteiger partial charge in [0.15, 0.2) is 0 Å². The number of hydrogen-bond donors (Lipinski definition) is 0. The highest BCUT2D eigenvalue weighted by atomic mass is 16.5. The Hall–Kier alpha value is -1.94. The number of pyridine rings is 1. The number of carbonyl (C=O) groups is 1. The summed E-state index contributed by atoms with van der Waals surface area (Å²) in [5.74, 6) is 0.0781. The molecule has 1 aromatic heterocycles. The van der Waals surface area contributed by atoms with Crippen molar-refractivity contribution in [2.24, 2.45) is 0 Å². The van der Waals surface area contributed by atoms with Gasteiger partial charge in [-0.15, -0.1) is 0 Å². The second-order valence-corrected chi connectivity index (χ2v) is 5.19. The van der Waals surface area contributed by atoms with E-state index in [-0.39, 0.29) is 5.91 Å². The van der Waals surface area contributed by atoms with E-state index in [1.165, 1.54) is 0 Å². The number of nitrogens with zero attached hydrogens (tertiary/aromatic N) is 2. The average molecular weight is 270 g/mol.